The van der Waals surface area contributed by atoms with Crippen LogP contribution in [0.2, 0.25) is 0 Å². The van der Waals surface area contributed by atoms with Crippen LogP contribution in [-0.2, 0) is 20.9 Å². The van der Waals surface area contributed by atoms with E-state index < -0.39 is 18.0 Å². The maximum atomic E-state index is 12.4. The first kappa shape index (κ1) is 29.5. The van der Waals surface area contributed by atoms with Crippen molar-refractivity contribution in [2.24, 2.45) is 0 Å². The normalized spacial score (nSPS) is 15.1. The lowest BCUT2D eigenvalue weighted by Crippen LogP contribution is -2.41. The van der Waals surface area contributed by atoms with Crippen LogP contribution in [0.5, 0.6) is 0 Å². The number of aliphatic hydroxyl groups excluding tert-OH is 1. The quantitative estimate of drug-likeness (QED) is 0.309. The van der Waals surface area contributed by atoms with Gasteiger partial charge in [-0.3, -0.25) is 4.57 Å². The highest BCUT2D eigenvalue weighted by Gasteiger charge is 2.24. The fourth-order valence-corrected chi connectivity index (χ4v) is 4.18. The molecule has 0 aliphatic carbocycles. The van der Waals surface area contributed by atoms with Gasteiger partial charge in [0.2, 0.25) is 0 Å². The number of para-hydroxylation sites is 2. The van der Waals surface area contributed by atoms with Gasteiger partial charge >= 0.3 is 17.6 Å². The number of aromatic amines is 1. The Morgan fingerprint density at radius 2 is 1.59 bits per heavy atom. The number of nitrogens with zero attached hydrogens (tertiary/aromatic N) is 2. The molecule has 1 fully saturated rings. The molecule has 1 aliphatic heterocycles. The molecule has 0 saturated carbocycles. The summed E-state index contributed by atoms with van der Waals surface area (Å²) in [4.78, 5) is 36.7. The van der Waals surface area contributed by atoms with Gasteiger partial charge in [-0.15, -0.1) is 0 Å². The molecule has 2 heterocycles. The molecular weight excluding hydrogens is 482 g/mol. The number of aromatic nitrogens is 2. The predicted octanol–water partition coefficient (Wildman–Crippen LogP) is 1.43. The van der Waals surface area contributed by atoms with Gasteiger partial charge in [0.1, 0.15) is 0 Å². The minimum Gasteiger partial charge on any atom is -0.478 e. The summed E-state index contributed by atoms with van der Waals surface area (Å²) >= 11 is 0. The molecule has 200 valence electrons. The van der Waals surface area contributed by atoms with Crippen molar-refractivity contribution in [1.82, 2.24) is 14.5 Å². The monoisotopic (exact) mass is 515 g/mol. The van der Waals surface area contributed by atoms with E-state index in [4.69, 9.17) is 14.9 Å². The van der Waals surface area contributed by atoms with Crippen molar-refractivity contribution in [2.75, 3.05) is 26.2 Å². The van der Waals surface area contributed by atoms with Crippen LogP contribution in [0.4, 0.5) is 0 Å². The average molecular weight is 516 g/mol. The molecule has 0 radical (unpaired) electrons. The van der Waals surface area contributed by atoms with Crippen molar-refractivity contribution in [3.8, 4) is 0 Å². The smallest absolute Gasteiger partial charge is 0.328 e. The molecule has 0 bridgehead atoms. The number of ether oxygens (including phenoxy) is 1. The first-order valence-corrected chi connectivity index (χ1v) is 11.7. The number of fused-ring (bicyclic) bond motifs is 1. The van der Waals surface area contributed by atoms with E-state index in [1.54, 1.807) is 0 Å². The van der Waals surface area contributed by atoms with Crippen LogP contribution < -0.4 is 5.69 Å². The number of hydrogen-bond acceptors (Lipinski definition) is 6. The van der Waals surface area contributed by atoms with Crippen LogP contribution in [0.1, 0.15) is 24.4 Å². The number of β-amino-alcohol motifs (C(OH)–C–C–N with tert-alkyl or cyclic N) is 1. The van der Waals surface area contributed by atoms with E-state index in [-0.39, 0.29) is 17.2 Å². The summed E-state index contributed by atoms with van der Waals surface area (Å²) in [5, 5.41) is 25.9. The van der Waals surface area contributed by atoms with Gasteiger partial charge in [-0.1, -0.05) is 42.5 Å². The molecule has 1 saturated heterocycles. The molecule has 1 aliphatic rings. The minimum atomic E-state index is -1.26. The molecule has 0 spiro atoms. The molecule has 1 aromatic heterocycles. The van der Waals surface area contributed by atoms with Crippen LogP contribution in [0.3, 0.4) is 0 Å². The summed E-state index contributed by atoms with van der Waals surface area (Å²) in [6, 6.07) is 18.0. The Bertz CT molecular complexity index is 1200. The SMILES string of the molecule is O.O=C(O)/C=C\C(=O)O.O=c1[nH]c2ccccc2n1C1CCN(CC(O)COCc2ccccc2)CC1. The lowest BCUT2D eigenvalue weighted by atomic mass is 10.0. The van der Waals surface area contributed by atoms with Gasteiger partial charge in [0.05, 0.1) is 30.4 Å². The number of carbonyl (C=O) groups is 2. The number of imidazole rings is 1. The summed E-state index contributed by atoms with van der Waals surface area (Å²) in [6.45, 7) is 3.18. The van der Waals surface area contributed by atoms with Crippen molar-refractivity contribution in [2.45, 2.75) is 31.6 Å². The molecule has 11 nitrogen and oxygen atoms in total. The number of aliphatic hydroxyl groups is 1. The highest BCUT2D eigenvalue weighted by Crippen LogP contribution is 2.24. The zero-order valence-electron chi connectivity index (χ0n) is 20.3. The summed E-state index contributed by atoms with van der Waals surface area (Å²) in [6.07, 6.45) is 2.42. The highest BCUT2D eigenvalue weighted by molar-refractivity contribution is 5.89. The van der Waals surface area contributed by atoms with Crippen LogP contribution in [0.15, 0.2) is 71.5 Å². The average Bonchev–Trinajstić information content (AvgIpc) is 3.20. The van der Waals surface area contributed by atoms with Crippen LogP contribution >= 0.6 is 0 Å². The molecule has 3 aromatic rings. The Balaban J connectivity index is 0.000000467. The van der Waals surface area contributed by atoms with Crippen LogP contribution in [-0.4, -0.2) is 79.5 Å². The maximum absolute atomic E-state index is 12.4. The Morgan fingerprint density at radius 1 is 1.00 bits per heavy atom. The van der Waals surface area contributed by atoms with Crippen molar-refractivity contribution < 1.29 is 35.1 Å². The van der Waals surface area contributed by atoms with Crippen molar-refractivity contribution in [3.05, 3.63) is 82.8 Å². The number of hydrogen-bond donors (Lipinski definition) is 4. The Hall–Kier alpha value is -3.77. The third-order valence-corrected chi connectivity index (χ3v) is 5.81. The first-order chi connectivity index (χ1) is 17.3. The van der Waals surface area contributed by atoms with E-state index in [0.717, 1.165) is 42.5 Å². The third kappa shape index (κ3) is 9.32. The van der Waals surface area contributed by atoms with Crippen molar-refractivity contribution in [3.63, 3.8) is 0 Å². The molecule has 1 atom stereocenters. The number of likely N-dealkylation sites (tertiary alicyclic amines) is 1. The van der Waals surface area contributed by atoms with Gasteiger partial charge in [0.25, 0.3) is 0 Å². The number of benzene rings is 2. The molecule has 4 rings (SSSR count). The van der Waals surface area contributed by atoms with E-state index in [1.807, 2.05) is 59.2 Å². The third-order valence-electron chi connectivity index (χ3n) is 5.81. The summed E-state index contributed by atoms with van der Waals surface area (Å²) in [7, 11) is 0. The number of rotatable bonds is 9. The number of aliphatic carboxylic acids is 2. The second-order valence-electron chi connectivity index (χ2n) is 8.51. The van der Waals surface area contributed by atoms with E-state index in [9.17, 15) is 19.5 Å². The number of piperidine rings is 1. The van der Waals surface area contributed by atoms with Crippen LogP contribution in [0, 0.1) is 0 Å². The minimum absolute atomic E-state index is 0. The molecule has 0 amide bonds. The van der Waals surface area contributed by atoms with Crippen molar-refractivity contribution >= 4 is 23.0 Å². The van der Waals surface area contributed by atoms with E-state index >= 15 is 0 Å². The zero-order chi connectivity index (χ0) is 25.9. The van der Waals surface area contributed by atoms with E-state index in [2.05, 4.69) is 9.88 Å². The Labute approximate surface area is 213 Å². The second kappa shape index (κ2) is 14.7. The van der Waals surface area contributed by atoms with Gasteiger partial charge in [0, 0.05) is 37.8 Å². The van der Waals surface area contributed by atoms with Gasteiger partial charge in [-0.25, -0.2) is 14.4 Å². The number of H-pyrrole nitrogens is 1. The summed E-state index contributed by atoms with van der Waals surface area (Å²) < 4.78 is 7.54. The number of nitrogens with one attached hydrogen (secondary N) is 1. The molecule has 6 N–H and O–H groups in total. The number of carboxylic acids is 2. The van der Waals surface area contributed by atoms with E-state index in [0.29, 0.717) is 31.9 Å². The zero-order valence-corrected chi connectivity index (χ0v) is 20.3. The molecule has 37 heavy (non-hydrogen) atoms. The fourth-order valence-electron chi connectivity index (χ4n) is 4.18. The van der Waals surface area contributed by atoms with E-state index in [1.165, 1.54) is 0 Å². The van der Waals surface area contributed by atoms with Gasteiger partial charge in [-0.2, -0.15) is 0 Å². The largest absolute Gasteiger partial charge is 0.478 e. The Kier molecular flexibility index (Phi) is 11.7. The number of carboxylic acid groups (broad SMARTS) is 2. The molecule has 2 aromatic carbocycles. The second-order valence-corrected chi connectivity index (χ2v) is 8.51. The summed E-state index contributed by atoms with van der Waals surface area (Å²) in [5.41, 5.74) is 2.94. The topological polar surface area (TPSA) is 177 Å². The lowest BCUT2D eigenvalue weighted by Gasteiger charge is -2.33. The highest BCUT2D eigenvalue weighted by atomic mass is 16.5. The molecule has 11 heteroatoms. The lowest BCUT2D eigenvalue weighted by molar-refractivity contribution is -0.134. The standard InChI is InChI=1S/C22H27N3O3.C4H4O4.H2O/c26-19(16-28-15-17-6-2-1-3-7-17)14-24-12-10-18(11-13-24)25-21-9-5-4-8-20(21)23-22(25)27;5-3(6)1-2-4(7)8;/h1-9,18-19,26H,10-16H2,(H,23,27);1-2H,(H,5,6)(H,7,8);1H2/b;2-1-;. The molecular formula is C26H33N3O8. The van der Waals surface area contributed by atoms with Gasteiger partial charge in [-0.05, 0) is 30.5 Å². The predicted molar refractivity (Wildman–Crippen MR) is 137 cm³/mol. The first-order valence-electron chi connectivity index (χ1n) is 11.7. The maximum Gasteiger partial charge on any atom is 0.328 e. The van der Waals surface area contributed by atoms with Gasteiger partial charge < -0.3 is 35.4 Å². The summed E-state index contributed by atoms with van der Waals surface area (Å²) in [5.74, 6) is -2.51. The fraction of sp³-hybridized carbons (Fsp3) is 0.346. The van der Waals surface area contributed by atoms with Crippen LogP contribution in [0.25, 0.3) is 11.0 Å². The van der Waals surface area contributed by atoms with Gasteiger partial charge in [0.15, 0.2) is 0 Å². The molecule has 1 unspecified atom stereocenters. The van der Waals surface area contributed by atoms with Crippen molar-refractivity contribution in [1.29, 1.82) is 0 Å². The Morgan fingerprint density at radius 3 is 2.22 bits per heavy atom.